The number of halogens is 2. The topological polar surface area (TPSA) is 113 Å². The lowest BCUT2D eigenvalue weighted by molar-refractivity contribution is -0.118. The van der Waals surface area contributed by atoms with E-state index in [4.69, 9.17) is 9.26 Å². The lowest BCUT2D eigenvalue weighted by Gasteiger charge is -2.27. The van der Waals surface area contributed by atoms with Crippen LogP contribution in [0.4, 0.5) is 14.5 Å². The van der Waals surface area contributed by atoms with Crippen LogP contribution in [0, 0.1) is 11.6 Å². The van der Waals surface area contributed by atoms with E-state index in [0.717, 1.165) is 23.8 Å². The Balaban J connectivity index is 1.92. The van der Waals surface area contributed by atoms with Crippen LogP contribution in [0.3, 0.4) is 0 Å². The molecular weight excluding hydrogens is 468 g/mol. The van der Waals surface area contributed by atoms with E-state index in [2.05, 4.69) is 10.6 Å². The van der Waals surface area contributed by atoms with Gasteiger partial charge in [-0.15, -0.1) is 0 Å². The maximum atomic E-state index is 14.7. The van der Waals surface area contributed by atoms with Crippen LogP contribution in [-0.4, -0.2) is 42.8 Å². The number of anilines is 1. The predicted molar refractivity (Wildman–Crippen MR) is 125 cm³/mol. The number of ether oxygens (including phenoxy) is 1. The molecule has 1 unspecified atom stereocenters. The monoisotopic (exact) mass is 493 g/mol. The zero-order valence-corrected chi connectivity index (χ0v) is 19.8. The van der Waals surface area contributed by atoms with Gasteiger partial charge in [0.25, 0.3) is 17.4 Å². The van der Waals surface area contributed by atoms with Gasteiger partial charge in [-0.25, -0.2) is 18.8 Å². The summed E-state index contributed by atoms with van der Waals surface area (Å²) in [6.45, 7) is 0.338. The van der Waals surface area contributed by atoms with Gasteiger partial charge in [0, 0.05) is 18.1 Å². The van der Waals surface area contributed by atoms with Crippen molar-refractivity contribution in [3.8, 4) is 0 Å². The number of H-pyrrole nitrogens is 1. The third-order valence-electron chi connectivity index (χ3n) is 4.85. The first-order valence-corrected chi connectivity index (χ1v) is 12.9. The van der Waals surface area contributed by atoms with Crippen LogP contribution in [0.25, 0.3) is 0 Å². The molecule has 3 rings (SSSR count). The minimum atomic E-state index is -1.55. The molecule has 0 aliphatic heterocycles. The predicted octanol–water partition coefficient (Wildman–Crippen LogP) is 3.56. The quantitative estimate of drug-likeness (QED) is 0.444. The number of benzene rings is 2. The highest BCUT2D eigenvalue weighted by Gasteiger charge is 2.27. The molecule has 8 nitrogen and oxygen atoms in total. The Morgan fingerprint density at radius 2 is 1.76 bits per heavy atom. The number of aromatic amines is 1. The minimum absolute atomic E-state index is 0.240. The highest BCUT2D eigenvalue weighted by molar-refractivity contribution is 8.32. The first-order valence-electron chi connectivity index (χ1n) is 10.0. The summed E-state index contributed by atoms with van der Waals surface area (Å²) < 4.78 is 39.2. The number of methoxy groups -OCH3 is 1. The Bertz CT molecular complexity index is 1250. The summed E-state index contributed by atoms with van der Waals surface area (Å²) in [5.74, 6) is -3.45. The second kappa shape index (κ2) is 10.2. The fourth-order valence-electron chi connectivity index (χ4n) is 3.17. The fraction of sp³-hybridized carbons (Fsp3) is 0.261. The van der Waals surface area contributed by atoms with Crippen LogP contribution in [-0.2, 0) is 16.1 Å². The van der Waals surface area contributed by atoms with Gasteiger partial charge in [0.2, 0.25) is 5.76 Å². The molecule has 0 aliphatic rings. The van der Waals surface area contributed by atoms with Gasteiger partial charge in [-0.05, 0) is 36.0 Å². The molecule has 0 fully saturated rings. The molecule has 3 N–H and O–H groups in total. The van der Waals surface area contributed by atoms with E-state index in [1.807, 2.05) is 23.9 Å². The van der Waals surface area contributed by atoms with Gasteiger partial charge in [0.1, 0.15) is 17.7 Å². The van der Waals surface area contributed by atoms with E-state index >= 15 is 0 Å². The van der Waals surface area contributed by atoms with E-state index in [0.29, 0.717) is 12.2 Å². The highest BCUT2D eigenvalue weighted by Crippen LogP contribution is 2.47. The fourth-order valence-corrected chi connectivity index (χ4v) is 4.27. The maximum absolute atomic E-state index is 14.7. The third-order valence-corrected chi connectivity index (χ3v) is 6.48. The van der Waals surface area contributed by atoms with Crippen LogP contribution in [0.5, 0.6) is 0 Å². The molecule has 1 aromatic heterocycles. The first kappa shape index (κ1) is 25.2. The molecule has 11 heteroatoms. The molecule has 3 aromatic rings. The number of nitrogens with one attached hydrogen (secondary N) is 3. The van der Waals surface area contributed by atoms with Crippen molar-refractivity contribution < 1.29 is 27.6 Å². The number of carbonyl (C=O) groups excluding carboxylic acids is 2. The normalized spacial score (nSPS) is 12.8. The summed E-state index contributed by atoms with van der Waals surface area (Å²) in [5, 5.41) is 6.79. The van der Waals surface area contributed by atoms with Gasteiger partial charge in [-0.2, -0.15) is 5.16 Å². The van der Waals surface area contributed by atoms with Crippen molar-refractivity contribution >= 4 is 27.5 Å². The molecule has 2 aromatic carbocycles. The average molecular weight is 494 g/mol. The lowest BCUT2D eigenvalue weighted by Crippen LogP contribution is -2.37. The SMILES string of the molecule is COCc1ccc(C(NC(=O)c2cc(=O)[nH]o2)C(=O)Nc2cc(F)c(S(C)(C)C)cc2F)cc1. The highest BCUT2D eigenvalue weighted by atomic mass is 32.3. The van der Waals surface area contributed by atoms with Crippen LogP contribution in [0.2, 0.25) is 0 Å². The van der Waals surface area contributed by atoms with Gasteiger partial charge in [-0.3, -0.25) is 14.4 Å². The summed E-state index contributed by atoms with van der Waals surface area (Å²) in [4.78, 5) is 37.2. The van der Waals surface area contributed by atoms with Crippen molar-refractivity contribution in [2.75, 3.05) is 31.2 Å². The van der Waals surface area contributed by atoms with E-state index < -0.39 is 45.1 Å². The molecule has 1 atom stereocenters. The largest absolute Gasteiger partial charge is 0.380 e. The molecule has 34 heavy (non-hydrogen) atoms. The molecule has 0 bridgehead atoms. The van der Waals surface area contributed by atoms with Gasteiger partial charge >= 0.3 is 0 Å². The van der Waals surface area contributed by atoms with Crippen LogP contribution >= 0.6 is 10.0 Å². The summed E-state index contributed by atoms with van der Waals surface area (Å²) >= 11 is 0. The third kappa shape index (κ3) is 5.91. The number of carbonyl (C=O) groups is 2. The first-order chi connectivity index (χ1) is 16.0. The Morgan fingerprint density at radius 1 is 1.09 bits per heavy atom. The molecule has 1 heterocycles. The van der Waals surface area contributed by atoms with E-state index in [9.17, 15) is 23.2 Å². The van der Waals surface area contributed by atoms with E-state index in [1.165, 1.54) is 7.11 Å². The second-order valence-electron chi connectivity index (χ2n) is 8.25. The molecular formula is C23H25F2N3O5S. The molecule has 0 radical (unpaired) electrons. The maximum Gasteiger partial charge on any atom is 0.290 e. The van der Waals surface area contributed by atoms with Gasteiger partial charge in [0.05, 0.1) is 18.4 Å². The Labute approximate surface area is 196 Å². The summed E-state index contributed by atoms with van der Waals surface area (Å²) in [6.07, 6.45) is 5.46. The number of hydrogen-bond donors (Lipinski definition) is 3. The summed E-state index contributed by atoms with van der Waals surface area (Å²) in [5.41, 5.74) is 0.189. The van der Waals surface area contributed by atoms with Crippen LogP contribution in [0.1, 0.15) is 27.7 Å². The van der Waals surface area contributed by atoms with Gasteiger partial charge < -0.3 is 19.9 Å². The molecule has 0 saturated heterocycles. The van der Waals surface area contributed by atoms with E-state index in [-0.39, 0.29) is 16.3 Å². The van der Waals surface area contributed by atoms with Crippen molar-refractivity contribution in [3.63, 3.8) is 0 Å². The van der Waals surface area contributed by atoms with Crippen molar-refractivity contribution in [2.45, 2.75) is 17.5 Å². The number of aromatic nitrogens is 1. The number of rotatable bonds is 8. The number of amides is 2. The zero-order valence-electron chi connectivity index (χ0n) is 19.0. The molecule has 0 spiro atoms. The van der Waals surface area contributed by atoms with Crippen molar-refractivity contribution in [1.29, 1.82) is 0 Å². The molecule has 182 valence electrons. The molecule has 0 aliphatic carbocycles. The van der Waals surface area contributed by atoms with Crippen molar-refractivity contribution in [2.24, 2.45) is 0 Å². The van der Waals surface area contributed by atoms with Gasteiger partial charge in [0.15, 0.2) is 0 Å². The second-order valence-corrected chi connectivity index (χ2v) is 12.4. The molecule has 0 saturated carbocycles. The number of hydrogen-bond acceptors (Lipinski definition) is 5. The van der Waals surface area contributed by atoms with E-state index in [1.54, 1.807) is 24.3 Å². The Morgan fingerprint density at radius 3 is 2.32 bits per heavy atom. The van der Waals surface area contributed by atoms with Crippen molar-refractivity contribution in [1.82, 2.24) is 10.5 Å². The smallest absolute Gasteiger partial charge is 0.290 e. The molecule has 2 amide bonds. The summed E-state index contributed by atoms with van der Waals surface area (Å²) in [6, 6.07) is 8.19. The average Bonchev–Trinajstić information content (AvgIpc) is 3.20. The summed E-state index contributed by atoms with van der Waals surface area (Å²) in [7, 11) is -0.0110. The van der Waals surface area contributed by atoms with Crippen LogP contribution in [0.15, 0.2) is 56.7 Å². The Kier molecular flexibility index (Phi) is 7.57. The van der Waals surface area contributed by atoms with Crippen LogP contribution < -0.4 is 16.2 Å². The lowest BCUT2D eigenvalue weighted by atomic mass is 10.0. The standard InChI is InChI=1S/C23H25F2N3O5S/c1-32-12-13-5-7-14(8-6-13)21(27-22(30)18-11-20(29)28-33-18)23(31)26-17-9-16(25)19(10-15(17)24)34(2,3)4/h5-11,21H,12H2,1-4H3,(H,26,31)(H,27,30)(H,28,29). The van der Waals surface area contributed by atoms with Gasteiger partial charge in [-0.1, -0.05) is 24.3 Å². The zero-order chi connectivity index (χ0) is 25.0. The van der Waals surface area contributed by atoms with Crippen molar-refractivity contribution in [3.05, 3.63) is 81.3 Å². The Hall–Kier alpha value is -3.44. The minimum Gasteiger partial charge on any atom is -0.380 e.